The number of thioether (sulfide) groups is 1. The Bertz CT molecular complexity index is 1060. The van der Waals surface area contributed by atoms with Crippen LogP contribution in [-0.4, -0.2) is 25.4 Å². The van der Waals surface area contributed by atoms with E-state index in [-0.39, 0.29) is 5.82 Å². The zero-order chi connectivity index (χ0) is 18.8. The first-order valence-corrected chi connectivity index (χ1v) is 9.36. The largest absolute Gasteiger partial charge is 0.356 e. The zero-order valence-electron chi connectivity index (χ0n) is 14.1. The van der Waals surface area contributed by atoms with Gasteiger partial charge in [-0.15, -0.1) is 5.10 Å². The summed E-state index contributed by atoms with van der Waals surface area (Å²) >= 11 is 7.37. The highest BCUT2D eigenvalue weighted by atomic mass is 35.5. The molecule has 0 radical (unpaired) electrons. The van der Waals surface area contributed by atoms with Crippen LogP contribution in [0.25, 0.3) is 17.0 Å². The number of nitrogens with zero attached hydrogens (tertiary/aromatic N) is 5. The molecule has 0 aliphatic carbocycles. The molecular weight excluding hydrogens is 389 g/mol. The Morgan fingerprint density at radius 3 is 2.59 bits per heavy atom. The highest BCUT2D eigenvalue weighted by molar-refractivity contribution is 7.98. The minimum absolute atomic E-state index is 0.291. The van der Waals surface area contributed by atoms with Crippen molar-refractivity contribution in [2.24, 2.45) is 0 Å². The summed E-state index contributed by atoms with van der Waals surface area (Å²) in [5.74, 6) is 0.869. The van der Waals surface area contributed by atoms with Crippen molar-refractivity contribution in [1.82, 2.24) is 25.4 Å². The van der Waals surface area contributed by atoms with E-state index in [2.05, 4.69) is 20.7 Å². The average Bonchev–Trinajstić information content (AvgIpc) is 3.28. The van der Waals surface area contributed by atoms with Crippen LogP contribution in [0.3, 0.4) is 0 Å². The first kappa shape index (κ1) is 17.7. The zero-order valence-corrected chi connectivity index (χ0v) is 15.7. The van der Waals surface area contributed by atoms with Crippen LogP contribution in [0.2, 0.25) is 5.02 Å². The number of hydrogen-bond donors (Lipinski definition) is 0. The van der Waals surface area contributed by atoms with Crippen molar-refractivity contribution in [3.63, 3.8) is 0 Å². The molecule has 2 heterocycles. The molecule has 4 aromatic rings. The fourth-order valence-electron chi connectivity index (χ4n) is 2.52. The van der Waals surface area contributed by atoms with E-state index in [4.69, 9.17) is 16.1 Å². The molecule has 0 aliphatic heterocycles. The lowest BCUT2D eigenvalue weighted by Gasteiger charge is -2.03. The fraction of sp³-hybridized carbons (Fsp3) is 0.111. The second-order valence-corrected chi connectivity index (χ2v) is 7.11. The van der Waals surface area contributed by atoms with Gasteiger partial charge >= 0.3 is 0 Å². The van der Waals surface area contributed by atoms with Gasteiger partial charge in [0.05, 0.1) is 11.4 Å². The number of halogens is 2. The van der Waals surface area contributed by atoms with Crippen LogP contribution in [0.1, 0.15) is 11.3 Å². The maximum Gasteiger partial charge on any atom is 0.214 e. The molecule has 0 N–H and O–H groups in total. The van der Waals surface area contributed by atoms with Crippen LogP contribution in [0.15, 0.2) is 58.2 Å². The van der Waals surface area contributed by atoms with E-state index < -0.39 is 0 Å². The number of rotatable bonds is 5. The standard InChI is InChI=1S/C18H13ClFN5OS/c1-11-16(22-26-17(11)12-2-6-14(20)7-3-12)10-27-18-21-23-24-25(18)15-8-4-13(19)5-9-15/h2-9H,10H2,1H3. The molecule has 2 aromatic carbocycles. The lowest BCUT2D eigenvalue weighted by atomic mass is 10.1. The van der Waals surface area contributed by atoms with Gasteiger partial charge in [-0.05, 0) is 65.9 Å². The van der Waals surface area contributed by atoms with Crippen LogP contribution in [0.5, 0.6) is 0 Å². The number of tetrazole rings is 1. The van der Waals surface area contributed by atoms with Gasteiger partial charge in [0.15, 0.2) is 5.76 Å². The fourth-order valence-corrected chi connectivity index (χ4v) is 3.54. The lowest BCUT2D eigenvalue weighted by molar-refractivity contribution is 0.426. The Morgan fingerprint density at radius 2 is 1.85 bits per heavy atom. The maximum absolute atomic E-state index is 13.1. The van der Waals surface area contributed by atoms with E-state index in [1.807, 2.05) is 19.1 Å². The monoisotopic (exact) mass is 401 g/mol. The molecule has 0 saturated carbocycles. The van der Waals surface area contributed by atoms with Gasteiger partial charge in [0.2, 0.25) is 5.16 Å². The highest BCUT2D eigenvalue weighted by Gasteiger charge is 2.16. The highest BCUT2D eigenvalue weighted by Crippen LogP contribution is 2.30. The molecule has 0 bridgehead atoms. The third kappa shape index (κ3) is 3.72. The molecule has 0 aliphatic rings. The van der Waals surface area contributed by atoms with E-state index in [0.717, 1.165) is 22.5 Å². The third-order valence-electron chi connectivity index (χ3n) is 3.98. The Morgan fingerprint density at radius 1 is 1.11 bits per heavy atom. The van der Waals surface area contributed by atoms with Crippen molar-refractivity contribution < 1.29 is 8.91 Å². The summed E-state index contributed by atoms with van der Waals surface area (Å²) in [6.45, 7) is 1.92. The van der Waals surface area contributed by atoms with E-state index in [1.165, 1.54) is 23.9 Å². The Balaban J connectivity index is 1.53. The van der Waals surface area contributed by atoms with Crippen molar-refractivity contribution in [2.75, 3.05) is 0 Å². The summed E-state index contributed by atoms with van der Waals surface area (Å²) in [5, 5.41) is 17.3. The smallest absolute Gasteiger partial charge is 0.214 e. The summed E-state index contributed by atoms with van der Waals surface area (Å²) in [5.41, 5.74) is 3.28. The van der Waals surface area contributed by atoms with Crippen molar-refractivity contribution in [3.8, 4) is 17.0 Å². The van der Waals surface area contributed by atoms with Crippen molar-refractivity contribution >= 4 is 23.4 Å². The Kier molecular flexibility index (Phi) is 4.91. The average molecular weight is 402 g/mol. The van der Waals surface area contributed by atoms with E-state index in [1.54, 1.807) is 28.9 Å². The molecule has 2 aromatic heterocycles. The van der Waals surface area contributed by atoms with Gasteiger partial charge in [0, 0.05) is 21.9 Å². The van der Waals surface area contributed by atoms with Gasteiger partial charge in [-0.1, -0.05) is 28.5 Å². The molecule has 136 valence electrons. The minimum Gasteiger partial charge on any atom is -0.356 e. The molecular formula is C18H13ClFN5OS. The van der Waals surface area contributed by atoms with Crippen LogP contribution in [0, 0.1) is 12.7 Å². The molecule has 4 rings (SSSR count). The van der Waals surface area contributed by atoms with Gasteiger partial charge in [-0.25, -0.2) is 4.39 Å². The van der Waals surface area contributed by atoms with E-state index in [9.17, 15) is 4.39 Å². The number of benzene rings is 2. The van der Waals surface area contributed by atoms with Crippen molar-refractivity contribution in [1.29, 1.82) is 0 Å². The van der Waals surface area contributed by atoms with Gasteiger partial charge in [0.1, 0.15) is 5.82 Å². The predicted octanol–water partition coefficient (Wildman–Crippen LogP) is 4.71. The van der Waals surface area contributed by atoms with Crippen molar-refractivity contribution in [3.05, 3.63) is 70.6 Å². The minimum atomic E-state index is -0.291. The Hall–Kier alpha value is -2.71. The molecule has 0 spiro atoms. The molecule has 0 fully saturated rings. The molecule has 0 amide bonds. The summed E-state index contributed by atoms with van der Waals surface area (Å²) in [6.07, 6.45) is 0. The Labute approximate surface area is 163 Å². The van der Waals surface area contributed by atoms with E-state index in [0.29, 0.717) is 21.7 Å². The van der Waals surface area contributed by atoms with Crippen LogP contribution < -0.4 is 0 Å². The third-order valence-corrected chi connectivity index (χ3v) is 5.16. The first-order valence-electron chi connectivity index (χ1n) is 8.00. The molecule has 6 nitrogen and oxygen atoms in total. The second kappa shape index (κ2) is 7.50. The number of hydrogen-bond acceptors (Lipinski definition) is 6. The van der Waals surface area contributed by atoms with Crippen LogP contribution >= 0.6 is 23.4 Å². The maximum atomic E-state index is 13.1. The van der Waals surface area contributed by atoms with Crippen molar-refractivity contribution in [2.45, 2.75) is 17.8 Å². The molecule has 0 saturated heterocycles. The van der Waals surface area contributed by atoms with Gasteiger partial charge in [-0.2, -0.15) is 4.68 Å². The quantitative estimate of drug-likeness (QED) is 0.451. The molecule has 0 atom stereocenters. The molecule has 0 unspecified atom stereocenters. The summed E-state index contributed by atoms with van der Waals surface area (Å²) in [4.78, 5) is 0. The summed E-state index contributed by atoms with van der Waals surface area (Å²) < 4.78 is 20.2. The lowest BCUT2D eigenvalue weighted by Crippen LogP contribution is -1.99. The van der Waals surface area contributed by atoms with Crippen LogP contribution in [-0.2, 0) is 5.75 Å². The van der Waals surface area contributed by atoms with Gasteiger partial charge < -0.3 is 4.52 Å². The van der Waals surface area contributed by atoms with Gasteiger partial charge in [0.25, 0.3) is 0 Å². The second-order valence-electron chi connectivity index (χ2n) is 5.73. The molecule has 27 heavy (non-hydrogen) atoms. The molecule has 9 heteroatoms. The topological polar surface area (TPSA) is 69.6 Å². The predicted molar refractivity (Wildman–Crippen MR) is 100 cm³/mol. The first-order chi connectivity index (χ1) is 13.1. The summed E-state index contributed by atoms with van der Waals surface area (Å²) in [6, 6.07) is 13.4. The van der Waals surface area contributed by atoms with E-state index >= 15 is 0 Å². The van der Waals surface area contributed by atoms with Gasteiger partial charge in [-0.3, -0.25) is 0 Å². The van der Waals surface area contributed by atoms with Crippen LogP contribution in [0.4, 0.5) is 4.39 Å². The normalized spacial score (nSPS) is 11.1. The SMILES string of the molecule is Cc1c(CSc2nnnn2-c2ccc(Cl)cc2)noc1-c1ccc(F)cc1. The summed E-state index contributed by atoms with van der Waals surface area (Å²) in [7, 11) is 0. The number of aromatic nitrogens is 5.